The van der Waals surface area contributed by atoms with Crippen molar-refractivity contribution in [1.82, 2.24) is 0 Å². The molecule has 0 saturated heterocycles. The Morgan fingerprint density at radius 1 is 1.11 bits per heavy atom. The lowest BCUT2D eigenvalue weighted by Gasteiger charge is -2.41. The van der Waals surface area contributed by atoms with Gasteiger partial charge in [0.25, 0.3) is 0 Å². The van der Waals surface area contributed by atoms with E-state index in [1.54, 1.807) is 5.30 Å². The molecule has 1 aromatic carbocycles. The molecule has 1 saturated carbocycles. The van der Waals surface area contributed by atoms with Crippen LogP contribution in [0.4, 0.5) is 0 Å². The highest BCUT2D eigenvalue weighted by Crippen LogP contribution is 2.50. The predicted molar refractivity (Wildman–Crippen MR) is 84.1 cm³/mol. The maximum absolute atomic E-state index is 2.50. The highest BCUT2D eigenvalue weighted by molar-refractivity contribution is 7.65. The van der Waals surface area contributed by atoms with Crippen LogP contribution in [0, 0.1) is 17.8 Å². The Hall–Kier alpha value is -0.350. The molecule has 0 aliphatic heterocycles. The van der Waals surface area contributed by atoms with E-state index in [1.165, 1.54) is 19.3 Å². The van der Waals surface area contributed by atoms with Crippen LogP contribution in [0.1, 0.15) is 40.0 Å². The van der Waals surface area contributed by atoms with E-state index in [2.05, 4.69) is 57.8 Å². The third kappa shape index (κ3) is 3.15. The molecule has 0 bridgehead atoms. The molecular formula is C17H27P. The molecular weight excluding hydrogens is 235 g/mol. The monoisotopic (exact) mass is 262 g/mol. The molecule has 1 aromatic rings. The minimum Gasteiger partial charge on any atom is -0.0750 e. The fourth-order valence-electron chi connectivity index (χ4n) is 3.45. The summed E-state index contributed by atoms with van der Waals surface area (Å²) >= 11 is 0. The Labute approximate surface area is 114 Å². The molecule has 1 aliphatic carbocycles. The molecule has 0 N–H and O–H groups in total. The van der Waals surface area contributed by atoms with Gasteiger partial charge in [0.2, 0.25) is 0 Å². The highest BCUT2D eigenvalue weighted by Gasteiger charge is 2.34. The number of hydrogen-bond acceptors (Lipinski definition) is 0. The van der Waals surface area contributed by atoms with Crippen molar-refractivity contribution in [1.29, 1.82) is 0 Å². The van der Waals surface area contributed by atoms with Gasteiger partial charge < -0.3 is 0 Å². The summed E-state index contributed by atoms with van der Waals surface area (Å²) in [5.41, 5.74) is 0.936. The van der Waals surface area contributed by atoms with Crippen LogP contribution in [0.5, 0.6) is 0 Å². The zero-order valence-corrected chi connectivity index (χ0v) is 13.2. The van der Waals surface area contributed by atoms with Crippen LogP contribution in [-0.4, -0.2) is 12.3 Å². The largest absolute Gasteiger partial charge is 0.0750 e. The SMILES string of the molecule is CC(C)[C@@H]1CC[C@@H](C)C[C@H]1[P@](C)c1ccccc1. The van der Waals surface area contributed by atoms with Gasteiger partial charge in [0.15, 0.2) is 0 Å². The van der Waals surface area contributed by atoms with Crippen molar-refractivity contribution in [3.8, 4) is 0 Å². The molecule has 0 aromatic heterocycles. The van der Waals surface area contributed by atoms with E-state index in [4.69, 9.17) is 0 Å². The number of rotatable bonds is 3. The summed E-state index contributed by atoms with van der Waals surface area (Å²) in [6.45, 7) is 9.78. The molecule has 2 rings (SSSR count). The first-order valence-corrected chi connectivity index (χ1v) is 9.23. The van der Waals surface area contributed by atoms with Crippen molar-refractivity contribution in [3.63, 3.8) is 0 Å². The van der Waals surface area contributed by atoms with Gasteiger partial charge in [0.05, 0.1) is 0 Å². The molecule has 0 unspecified atom stereocenters. The van der Waals surface area contributed by atoms with E-state index in [0.717, 1.165) is 23.4 Å². The van der Waals surface area contributed by atoms with E-state index in [9.17, 15) is 0 Å². The molecule has 0 spiro atoms. The molecule has 0 nitrogen and oxygen atoms in total. The number of hydrogen-bond donors (Lipinski definition) is 0. The first-order chi connectivity index (χ1) is 8.59. The topological polar surface area (TPSA) is 0 Å². The summed E-state index contributed by atoms with van der Waals surface area (Å²) in [7, 11) is 0.00778. The van der Waals surface area contributed by atoms with Crippen LogP contribution >= 0.6 is 7.92 Å². The Morgan fingerprint density at radius 3 is 2.39 bits per heavy atom. The summed E-state index contributed by atoms with van der Waals surface area (Å²) in [4.78, 5) is 0. The maximum Gasteiger partial charge on any atom is -0.0138 e. The average molecular weight is 262 g/mol. The fraction of sp³-hybridized carbons (Fsp3) is 0.647. The van der Waals surface area contributed by atoms with Gasteiger partial charge in [-0.3, -0.25) is 0 Å². The van der Waals surface area contributed by atoms with Gasteiger partial charge in [-0.25, -0.2) is 0 Å². The first-order valence-electron chi connectivity index (χ1n) is 7.37. The lowest BCUT2D eigenvalue weighted by Crippen LogP contribution is -2.32. The summed E-state index contributed by atoms with van der Waals surface area (Å²) < 4.78 is 0. The van der Waals surface area contributed by atoms with Crippen molar-refractivity contribution in [2.45, 2.75) is 45.7 Å². The van der Waals surface area contributed by atoms with Crippen molar-refractivity contribution in [2.24, 2.45) is 17.8 Å². The second-order valence-corrected chi connectivity index (χ2v) is 8.74. The molecule has 1 fully saturated rings. The lowest BCUT2D eigenvalue weighted by atomic mass is 9.77. The molecule has 100 valence electrons. The minimum atomic E-state index is 0.00778. The fourth-order valence-corrected chi connectivity index (χ4v) is 6.22. The van der Waals surface area contributed by atoms with Gasteiger partial charge in [-0.2, -0.15) is 0 Å². The van der Waals surface area contributed by atoms with E-state index in [-0.39, 0.29) is 7.92 Å². The van der Waals surface area contributed by atoms with Gasteiger partial charge >= 0.3 is 0 Å². The van der Waals surface area contributed by atoms with Crippen LogP contribution in [-0.2, 0) is 0 Å². The minimum absolute atomic E-state index is 0.00778. The molecule has 1 aliphatic rings. The first kappa shape index (κ1) is 14.1. The van der Waals surface area contributed by atoms with Gasteiger partial charge in [0.1, 0.15) is 0 Å². The molecule has 0 radical (unpaired) electrons. The Kier molecular flexibility index (Phi) is 4.84. The van der Waals surface area contributed by atoms with Crippen LogP contribution < -0.4 is 5.30 Å². The van der Waals surface area contributed by atoms with Crippen molar-refractivity contribution < 1.29 is 0 Å². The Bertz CT molecular complexity index is 357. The van der Waals surface area contributed by atoms with E-state index < -0.39 is 0 Å². The maximum atomic E-state index is 2.50. The van der Waals surface area contributed by atoms with Crippen LogP contribution in [0.15, 0.2) is 30.3 Å². The molecule has 0 amide bonds. The van der Waals surface area contributed by atoms with Crippen molar-refractivity contribution in [3.05, 3.63) is 30.3 Å². The zero-order chi connectivity index (χ0) is 13.1. The number of benzene rings is 1. The van der Waals surface area contributed by atoms with Crippen LogP contribution in [0.3, 0.4) is 0 Å². The summed E-state index contributed by atoms with van der Waals surface area (Å²) in [6.07, 6.45) is 4.33. The lowest BCUT2D eigenvalue weighted by molar-refractivity contribution is 0.242. The van der Waals surface area contributed by atoms with Gasteiger partial charge in [-0.05, 0) is 48.2 Å². The molecule has 4 atom stereocenters. The Morgan fingerprint density at radius 2 is 1.78 bits per heavy atom. The molecule has 1 heteroatoms. The second kappa shape index (κ2) is 6.20. The summed E-state index contributed by atoms with van der Waals surface area (Å²) in [5.74, 6) is 2.72. The highest BCUT2D eigenvalue weighted by atomic mass is 31.1. The van der Waals surface area contributed by atoms with E-state index in [1.807, 2.05) is 0 Å². The third-order valence-electron chi connectivity index (χ3n) is 4.65. The smallest absolute Gasteiger partial charge is 0.0138 e. The van der Waals surface area contributed by atoms with Crippen LogP contribution in [0.2, 0.25) is 0 Å². The molecule has 0 heterocycles. The van der Waals surface area contributed by atoms with Crippen LogP contribution in [0.25, 0.3) is 0 Å². The Balaban J connectivity index is 2.17. The molecule has 18 heavy (non-hydrogen) atoms. The summed E-state index contributed by atoms with van der Waals surface area (Å²) in [6, 6.07) is 11.2. The second-order valence-electron chi connectivity index (χ2n) is 6.34. The van der Waals surface area contributed by atoms with Gasteiger partial charge in [0, 0.05) is 0 Å². The van der Waals surface area contributed by atoms with Crippen molar-refractivity contribution >= 4 is 13.2 Å². The van der Waals surface area contributed by atoms with E-state index >= 15 is 0 Å². The van der Waals surface area contributed by atoms with Gasteiger partial charge in [-0.15, -0.1) is 0 Å². The standard InChI is InChI=1S/C17H27P/c1-13(2)16-11-10-14(3)12-17(16)18(4)15-8-6-5-7-9-15/h5-9,13-14,16-17H,10-12H2,1-4H3/t14-,16+,17-,18-/m1/s1. The zero-order valence-electron chi connectivity index (χ0n) is 12.3. The normalized spacial score (nSPS) is 30.4. The average Bonchev–Trinajstić information content (AvgIpc) is 2.38. The third-order valence-corrected chi connectivity index (χ3v) is 7.35. The van der Waals surface area contributed by atoms with Crippen molar-refractivity contribution in [2.75, 3.05) is 6.66 Å². The quantitative estimate of drug-likeness (QED) is 0.681. The van der Waals surface area contributed by atoms with Gasteiger partial charge in [-0.1, -0.05) is 65.4 Å². The summed E-state index contributed by atoms with van der Waals surface area (Å²) in [5, 5.41) is 1.59. The van der Waals surface area contributed by atoms with E-state index in [0.29, 0.717) is 0 Å². The predicted octanol–water partition coefficient (Wildman–Crippen LogP) is 4.88.